The van der Waals surface area contributed by atoms with E-state index in [1.807, 2.05) is 0 Å². The van der Waals surface area contributed by atoms with E-state index in [0.29, 0.717) is 0 Å². The first-order valence-electron chi connectivity index (χ1n) is 2.91. The van der Waals surface area contributed by atoms with Gasteiger partial charge in [-0.3, -0.25) is 0 Å². The maximum absolute atomic E-state index is 11.0. The third-order valence-electron chi connectivity index (χ3n) is 1.08. The van der Waals surface area contributed by atoms with Crippen LogP contribution >= 0.6 is 34.8 Å². The lowest BCUT2D eigenvalue weighted by atomic mass is 10.7. The molecule has 0 atom stereocenters. The predicted molar refractivity (Wildman–Crippen MR) is 50.2 cm³/mol. The van der Waals surface area contributed by atoms with E-state index in [2.05, 4.69) is 9.97 Å². The molecule has 8 heteroatoms. The van der Waals surface area contributed by atoms with E-state index >= 15 is 0 Å². The van der Waals surface area contributed by atoms with Crippen molar-refractivity contribution in [3.8, 4) is 0 Å². The summed E-state index contributed by atoms with van der Waals surface area (Å²) in [5, 5.41) is -0.855. The normalized spacial score (nSPS) is 11.7. The summed E-state index contributed by atoms with van der Waals surface area (Å²) < 4.78 is 21.9. The molecule has 0 unspecified atom stereocenters. The van der Waals surface area contributed by atoms with Crippen LogP contribution in [0.1, 0.15) is 0 Å². The van der Waals surface area contributed by atoms with Crippen LogP contribution in [0.15, 0.2) is 5.16 Å². The molecule has 0 amide bonds. The molecule has 0 aliphatic carbocycles. The average molecular weight is 262 g/mol. The Hall–Kier alpha value is -0.100. The second-order valence-corrected chi connectivity index (χ2v) is 5.18. The summed E-state index contributed by atoms with van der Waals surface area (Å²) >= 11 is 16.5. The van der Waals surface area contributed by atoms with E-state index in [1.54, 1.807) is 0 Å². The molecule has 0 bridgehead atoms. The number of sulfone groups is 1. The molecule has 1 aromatic rings. The fraction of sp³-hybridized carbons (Fsp3) is 0.200. The largest absolute Gasteiger partial charge is 0.249 e. The van der Waals surface area contributed by atoms with Gasteiger partial charge in [0.05, 0.1) is 0 Å². The molecule has 0 N–H and O–H groups in total. The monoisotopic (exact) mass is 260 g/mol. The molecular weight excluding hydrogens is 258 g/mol. The summed E-state index contributed by atoms with van der Waals surface area (Å²) in [7, 11) is -3.51. The van der Waals surface area contributed by atoms with Crippen LogP contribution in [0.4, 0.5) is 0 Å². The highest BCUT2D eigenvalue weighted by molar-refractivity contribution is 7.90. The molecular formula is C5H3Cl3N2O2S. The molecule has 13 heavy (non-hydrogen) atoms. The molecule has 4 nitrogen and oxygen atoms in total. The van der Waals surface area contributed by atoms with Crippen LogP contribution in [-0.2, 0) is 9.84 Å². The van der Waals surface area contributed by atoms with Crippen LogP contribution in [0.5, 0.6) is 0 Å². The molecule has 72 valence electrons. The molecule has 0 radical (unpaired) electrons. The van der Waals surface area contributed by atoms with Crippen molar-refractivity contribution in [2.45, 2.75) is 5.16 Å². The van der Waals surface area contributed by atoms with Crippen molar-refractivity contribution in [2.75, 3.05) is 6.26 Å². The minimum Gasteiger partial charge on any atom is -0.221 e. The Morgan fingerprint density at radius 3 is 1.77 bits per heavy atom. The summed E-state index contributed by atoms with van der Waals surface area (Å²) in [6, 6.07) is 0. The number of halogens is 3. The highest BCUT2D eigenvalue weighted by Crippen LogP contribution is 2.27. The third kappa shape index (κ3) is 2.43. The summed E-state index contributed by atoms with van der Waals surface area (Å²) in [6.07, 6.45) is 0.947. The van der Waals surface area contributed by atoms with Gasteiger partial charge in [0.2, 0.25) is 15.0 Å². The van der Waals surface area contributed by atoms with Crippen LogP contribution in [0.3, 0.4) is 0 Å². The van der Waals surface area contributed by atoms with Crippen molar-refractivity contribution in [3.63, 3.8) is 0 Å². The maximum Gasteiger partial charge on any atom is 0.249 e. The first kappa shape index (κ1) is 11.0. The Morgan fingerprint density at radius 2 is 1.46 bits per heavy atom. The van der Waals surface area contributed by atoms with Gasteiger partial charge in [-0.15, -0.1) is 0 Å². The topological polar surface area (TPSA) is 59.9 Å². The van der Waals surface area contributed by atoms with Crippen LogP contribution in [0, 0.1) is 0 Å². The fourth-order valence-corrected chi connectivity index (χ4v) is 1.63. The average Bonchev–Trinajstić information content (AvgIpc) is 1.97. The Balaban J connectivity index is 3.47. The highest BCUT2D eigenvalue weighted by Gasteiger charge is 2.16. The Bertz CT molecular complexity index is 422. The Kier molecular flexibility index (Phi) is 3.01. The minimum absolute atomic E-state index is 0.0595. The highest BCUT2D eigenvalue weighted by atomic mass is 35.5. The van der Waals surface area contributed by atoms with Crippen molar-refractivity contribution < 1.29 is 8.42 Å². The lowest BCUT2D eigenvalue weighted by Crippen LogP contribution is -2.04. The summed E-state index contributed by atoms with van der Waals surface area (Å²) in [5.41, 5.74) is 0. The molecule has 0 fully saturated rings. The second kappa shape index (κ2) is 3.57. The molecule has 0 saturated carbocycles. The maximum atomic E-state index is 11.0. The van der Waals surface area contributed by atoms with E-state index in [1.165, 1.54) is 0 Å². The van der Waals surface area contributed by atoms with Gasteiger partial charge in [0.25, 0.3) is 0 Å². The van der Waals surface area contributed by atoms with Gasteiger partial charge in [-0.05, 0) is 0 Å². The first-order chi connectivity index (χ1) is 5.82. The zero-order valence-electron chi connectivity index (χ0n) is 6.25. The summed E-state index contributed by atoms with van der Waals surface area (Å²) in [4.78, 5) is 6.91. The van der Waals surface area contributed by atoms with Gasteiger partial charge in [-0.1, -0.05) is 34.8 Å². The molecule has 1 aromatic heterocycles. The van der Waals surface area contributed by atoms with Gasteiger partial charge >= 0.3 is 0 Å². The van der Waals surface area contributed by atoms with Gasteiger partial charge < -0.3 is 0 Å². The SMILES string of the molecule is CS(=O)(=O)c1nc(Cl)c(Cl)c(Cl)n1. The number of hydrogen-bond acceptors (Lipinski definition) is 4. The van der Waals surface area contributed by atoms with Crippen molar-refractivity contribution in [3.05, 3.63) is 15.3 Å². The third-order valence-corrected chi connectivity index (χ3v) is 3.03. The zero-order valence-corrected chi connectivity index (χ0v) is 9.34. The molecule has 0 spiro atoms. The molecule has 0 aromatic carbocycles. The first-order valence-corrected chi connectivity index (χ1v) is 5.93. The van der Waals surface area contributed by atoms with Crippen LogP contribution in [0.2, 0.25) is 15.3 Å². The molecule has 0 aliphatic rings. The van der Waals surface area contributed by atoms with Crippen molar-refractivity contribution >= 4 is 44.6 Å². The number of aromatic nitrogens is 2. The van der Waals surface area contributed by atoms with Crippen LogP contribution in [0.25, 0.3) is 0 Å². The van der Waals surface area contributed by atoms with E-state index in [-0.39, 0.29) is 15.3 Å². The van der Waals surface area contributed by atoms with Gasteiger partial charge in [0.1, 0.15) is 5.02 Å². The van der Waals surface area contributed by atoms with Gasteiger partial charge in [0.15, 0.2) is 10.3 Å². The minimum atomic E-state index is -3.51. The second-order valence-electron chi connectivity index (χ2n) is 2.17. The number of rotatable bonds is 1. The lowest BCUT2D eigenvalue weighted by Gasteiger charge is -2.00. The Morgan fingerprint density at radius 1 is 1.08 bits per heavy atom. The van der Waals surface area contributed by atoms with E-state index in [9.17, 15) is 8.42 Å². The van der Waals surface area contributed by atoms with Gasteiger partial charge in [0, 0.05) is 6.26 Å². The number of hydrogen-bond donors (Lipinski definition) is 0. The quantitative estimate of drug-likeness (QED) is 0.572. The summed E-state index contributed by atoms with van der Waals surface area (Å²) in [5.74, 6) is 0. The number of nitrogens with zero attached hydrogens (tertiary/aromatic N) is 2. The molecule has 0 aliphatic heterocycles. The van der Waals surface area contributed by atoms with Gasteiger partial charge in [-0.2, -0.15) is 0 Å². The van der Waals surface area contributed by atoms with E-state index in [4.69, 9.17) is 34.8 Å². The molecule has 1 heterocycles. The molecule has 0 saturated heterocycles. The zero-order chi connectivity index (χ0) is 10.2. The predicted octanol–water partition coefficient (Wildman–Crippen LogP) is 1.84. The van der Waals surface area contributed by atoms with E-state index < -0.39 is 15.0 Å². The Labute approximate surface area is 89.8 Å². The summed E-state index contributed by atoms with van der Waals surface area (Å²) in [6.45, 7) is 0. The lowest BCUT2D eigenvalue weighted by molar-refractivity contribution is 0.593. The molecule has 1 rings (SSSR count). The fourth-order valence-electron chi connectivity index (χ4n) is 0.542. The van der Waals surface area contributed by atoms with Gasteiger partial charge in [-0.25, -0.2) is 18.4 Å². The van der Waals surface area contributed by atoms with Crippen LogP contribution < -0.4 is 0 Å². The smallest absolute Gasteiger partial charge is 0.221 e. The van der Waals surface area contributed by atoms with Crippen molar-refractivity contribution in [1.29, 1.82) is 0 Å². The van der Waals surface area contributed by atoms with Crippen molar-refractivity contribution in [1.82, 2.24) is 9.97 Å². The standard InChI is InChI=1S/C5H3Cl3N2O2S/c1-13(11,12)5-9-3(7)2(6)4(8)10-5/h1H3. The van der Waals surface area contributed by atoms with Crippen molar-refractivity contribution in [2.24, 2.45) is 0 Å². The van der Waals surface area contributed by atoms with Crippen LogP contribution in [-0.4, -0.2) is 24.6 Å². The van der Waals surface area contributed by atoms with E-state index in [0.717, 1.165) is 6.26 Å².